The summed E-state index contributed by atoms with van der Waals surface area (Å²) >= 11 is 1.32. The molecule has 1 aliphatic rings. The molecule has 0 bridgehead atoms. The van der Waals surface area contributed by atoms with Gasteiger partial charge in [-0.2, -0.15) is 0 Å². The molecule has 102 valence electrons. The third kappa shape index (κ3) is 2.65. The average molecular weight is 298 g/mol. The molecule has 0 spiro atoms. The Morgan fingerprint density at radius 2 is 2.32 bits per heavy atom. The van der Waals surface area contributed by atoms with Crippen LogP contribution in [0.15, 0.2) is 22.5 Å². The quantitative estimate of drug-likeness (QED) is 0.780. The van der Waals surface area contributed by atoms with Crippen LogP contribution in [0.5, 0.6) is 0 Å². The molecule has 2 heterocycles. The Balaban J connectivity index is 1.79. The first-order valence-electron chi connectivity index (χ1n) is 5.94. The zero-order chi connectivity index (χ0) is 13.5. The molecule has 3 rings (SSSR count). The van der Waals surface area contributed by atoms with Gasteiger partial charge in [-0.25, -0.2) is 13.4 Å². The number of aromatic nitrogens is 2. The summed E-state index contributed by atoms with van der Waals surface area (Å²) in [4.78, 5) is 7.30. The molecule has 0 amide bonds. The topological polar surface area (TPSA) is 101 Å². The van der Waals surface area contributed by atoms with Gasteiger partial charge in [-0.05, 0) is 18.9 Å². The zero-order valence-corrected chi connectivity index (χ0v) is 11.7. The van der Waals surface area contributed by atoms with Gasteiger partial charge in [-0.1, -0.05) is 0 Å². The molecule has 6 nitrogen and oxygen atoms in total. The lowest BCUT2D eigenvalue weighted by Crippen LogP contribution is -2.12. The Hall–Kier alpha value is -1.38. The first-order valence-corrected chi connectivity index (χ1v) is 8.30. The molecule has 0 unspecified atom stereocenters. The predicted molar refractivity (Wildman–Crippen MR) is 73.6 cm³/mol. The van der Waals surface area contributed by atoms with Crippen LogP contribution in [0.25, 0.3) is 0 Å². The van der Waals surface area contributed by atoms with Gasteiger partial charge in [0.05, 0.1) is 5.69 Å². The Kier molecular flexibility index (Phi) is 3.08. The summed E-state index contributed by atoms with van der Waals surface area (Å²) in [6.07, 6.45) is 3.72. The van der Waals surface area contributed by atoms with Crippen molar-refractivity contribution in [2.75, 3.05) is 4.72 Å². The number of H-pyrrole nitrogens is 1. The minimum absolute atomic E-state index is 0.177. The molecule has 0 saturated heterocycles. The monoisotopic (exact) mass is 298 g/mol. The fraction of sp³-hybridized carbons (Fsp3) is 0.364. The van der Waals surface area contributed by atoms with Gasteiger partial charge in [-0.3, -0.25) is 4.72 Å². The summed E-state index contributed by atoms with van der Waals surface area (Å²) in [6, 6.07) is 1.53. The van der Waals surface area contributed by atoms with Crippen LogP contribution in [0.2, 0.25) is 0 Å². The number of hydrogen-bond donors (Lipinski definition) is 3. The van der Waals surface area contributed by atoms with Crippen LogP contribution in [0.1, 0.15) is 30.1 Å². The van der Waals surface area contributed by atoms with E-state index in [4.69, 9.17) is 5.73 Å². The molecule has 0 aliphatic heterocycles. The largest absolute Gasteiger partial charge is 0.363 e. The number of thiazole rings is 1. The second-order valence-corrected chi connectivity index (χ2v) is 7.06. The number of hydrogen-bond acceptors (Lipinski definition) is 5. The van der Waals surface area contributed by atoms with Crippen molar-refractivity contribution in [2.45, 2.75) is 30.2 Å². The van der Waals surface area contributed by atoms with E-state index in [0.717, 1.165) is 18.5 Å². The lowest BCUT2D eigenvalue weighted by Gasteiger charge is -2.01. The molecule has 0 aromatic carbocycles. The van der Waals surface area contributed by atoms with Crippen molar-refractivity contribution in [1.29, 1.82) is 0 Å². The van der Waals surface area contributed by atoms with Gasteiger partial charge in [0.25, 0.3) is 10.0 Å². The van der Waals surface area contributed by atoms with E-state index in [1.807, 2.05) is 5.38 Å². The Morgan fingerprint density at radius 1 is 1.53 bits per heavy atom. The molecule has 2 aromatic heterocycles. The highest BCUT2D eigenvalue weighted by molar-refractivity contribution is 7.93. The molecule has 4 N–H and O–H groups in total. The fourth-order valence-corrected chi connectivity index (χ4v) is 3.83. The van der Waals surface area contributed by atoms with Crippen molar-refractivity contribution in [3.8, 4) is 0 Å². The van der Waals surface area contributed by atoms with Gasteiger partial charge in [-0.15, -0.1) is 11.3 Å². The Bertz CT molecular complexity index is 685. The van der Waals surface area contributed by atoms with Gasteiger partial charge in [0.2, 0.25) is 0 Å². The van der Waals surface area contributed by atoms with Crippen LogP contribution in [0, 0.1) is 0 Å². The van der Waals surface area contributed by atoms with E-state index in [0.29, 0.717) is 16.7 Å². The number of anilines is 1. The lowest BCUT2D eigenvalue weighted by atomic mass is 10.3. The summed E-state index contributed by atoms with van der Waals surface area (Å²) in [7, 11) is -3.58. The summed E-state index contributed by atoms with van der Waals surface area (Å²) in [5.41, 5.74) is 7.11. The second kappa shape index (κ2) is 4.62. The first kappa shape index (κ1) is 12.6. The second-order valence-electron chi connectivity index (χ2n) is 4.52. The highest BCUT2D eigenvalue weighted by atomic mass is 32.2. The van der Waals surface area contributed by atoms with Crippen LogP contribution in [-0.2, 0) is 16.6 Å². The maximum absolute atomic E-state index is 12.1. The molecule has 1 fully saturated rings. The minimum Gasteiger partial charge on any atom is -0.363 e. The van der Waals surface area contributed by atoms with Crippen molar-refractivity contribution in [2.24, 2.45) is 5.73 Å². The highest BCUT2D eigenvalue weighted by Crippen LogP contribution is 2.41. The van der Waals surface area contributed by atoms with Crippen LogP contribution in [-0.4, -0.2) is 18.4 Å². The number of sulfonamides is 1. The fourth-order valence-electron chi connectivity index (χ4n) is 1.77. The summed E-state index contributed by atoms with van der Waals surface area (Å²) in [6.45, 7) is 0.276. The molecule has 2 aromatic rings. The lowest BCUT2D eigenvalue weighted by molar-refractivity contribution is 0.601. The van der Waals surface area contributed by atoms with Crippen LogP contribution >= 0.6 is 11.3 Å². The van der Waals surface area contributed by atoms with E-state index in [1.165, 1.54) is 23.6 Å². The van der Waals surface area contributed by atoms with Crippen LogP contribution < -0.4 is 10.5 Å². The summed E-state index contributed by atoms with van der Waals surface area (Å²) in [5, 5.41) is 2.33. The normalized spacial score (nSPS) is 15.6. The minimum atomic E-state index is -3.58. The smallest absolute Gasteiger partial charge is 0.265 e. The van der Waals surface area contributed by atoms with Crippen molar-refractivity contribution >= 4 is 26.5 Å². The number of aromatic amines is 1. The molecule has 8 heteroatoms. The van der Waals surface area contributed by atoms with E-state index < -0.39 is 10.0 Å². The van der Waals surface area contributed by atoms with Crippen LogP contribution in [0.4, 0.5) is 5.13 Å². The summed E-state index contributed by atoms with van der Waals surface area (Å²) < 4.78 is 26.7. The van der Waals surface area contributed by atoms with E-state index in [-0.39, 0.29) is 11.4 Å². The number of nitrogens with two attached hydrogens (primary N) is 1. The maximum atomic E-state index is 12.1. The Labute approximate surface area is 115 Å². The van der Waals surface area contributed by atoms with Gasteiger partial charge >= 0.3 is 0 Å². The van der Waals surface area contributed by atoms with Gasteiger partial charge < -0.3 is 10.7 Å². The predicted octanol–water partition coefficient (Wildman–Crippen LogP) is 1.61. The number of nitrogens with zero attached hydrogens (tertiary/aromatic N) is 1. The Morgan fingerprint density at radius 3 is 2.95 bits per heavy atom. The zero-order valence-electron chi connectivity index (χ0n) is 10.1. The molecule has 1 aliphatic carbocycles. The maximum Gasteiger partial charge on any atom is 0.265 e. The average Bonchev–Trinajstić information content (AvgIpc) is 2.92. The van der Waals surface area contributed by atoms with Crippen molar-refractivity contribution < 1.29 is 8.42 Å². The van der Waals surface area contributed by atoms with Gasteiger partial charge in [0, 0.05) is 29.7 Å². The molecular weight excluding hydrogens is 284 g/mol. The van der Waals surface area contributed by atoms with E-state index in [2.05, 4.69) is 14.7 Å². The van der Waals surface area contributed by atoms with E-state index in [9.17, 15) is 8.42 Å². The van der Waals surface area contributed by atoms with Crippen LogP contribution in [0.3, 0.4) is 0 Å². The summed E-state index contributed by atoms with van der Waals surface area (Å²) in [5.74, 6) is 0.519. The van der Waals surface area contributed by atoms with E-state index >= 15 is 0 Å². The van der Waals surface area contributed by atoms with E-state index in [1.54, 1.807) is 0 Å². The number of nitrogens with one attached hydrogen (secondary N) is 2. The molecule has 1 saturated carbocycles. The van der Waals surface area contributed by atoms with Gasteiger partial charge in [0.15, 0.2) is 5.13 Å². The molecule has 0 atom stereocenters. The van der Waals surface area contributed by atoms with Gasteiger partial charge in [0.1, 0.15) is 4.90 Å². The first-order chi connectivity index (χ1) is 9.08. The molecular formula is C11H14N4O2S2. The van der Waals surface area contributed by atoms with Crippen molar-refractivity contribution in [3.63, 3.8) is 0 Å². The standard InChI is InChI=1S/C11H14N4O2S2/c12-4-8-3-9(5-13-8)19(16,17)15-11-14-10(6-18-11)7-1-2-7/h3,5-7,13H,1-2,4,12H2,(H,14,15). The third-order valence-corrected chi connectivity index (χ3v) is 5.21. The van der Waals surface area contributed by atoms with Crippen molar-refractivity contribution in [1.82, 2.24) is 9.97 Å². The molecule has 19 heavy (non-hydrogen) atoms. The SMILES string of the molecule is NCc1cc(S(=O)(=O)Nc2nc(C3CC3)cs2)c[nH]1. The third-order valence-electron chi connectivity index (χ3n) is 2.99. The molecule has 0 radical (unpaired) electrons. The highest BCUT2D eigenvalue weighted by Gasteiger charge is 2.27. The van der Waals surface area contributed by atoms with Crippen molar-refractivity contribution in [3.05, 3.63) is 29.0 Å². The number of rotatable bonds is 5.